The summed E-state index contributed by atoms with van der Waals surface area (Å²) in [4.78, 5) is 16.7. The molecule has 3 aromatic rings. The standard InChI is InChI=1S/C22H28N6O3S.CH4/c1-4-20(18-11-24-19-6-5-16(9-17(18)19)10-26-32(29)30)27-7-8-28(15(2)13-27)22-21(31-3)12-23-14-25-22;/h5-6,9,11-12,14-15,20,24H,4,7-8,10,13H2,1-3H3;1H4. The molecule has 4 rings (SSSR count). The molecular weight excluding hydrogens is 440 g/mol. The topological polar surface area (TPSA) is 104 Å². The van der Waals surface area contributed by atoms with E-state index < -0.39 is 10.5 Å². The first kappa shape index (κ1) is 24.7. The van der Waals surface area contributed by atoms with Gasteiger partial charge in [-0.3, -0.25) is 4.90 Å². The summed E-state index contributed by atoms with van der Waals surface area (Å²) < 4.78 is 30.7. The molecule has 0 radical (unpaired) electrons. The number of fused-ring (bicyclic) bond motifs is 1. The molecule has 1 aromatic carbocycles. The molecule has 2 atom stereocenters. The summed E-state index contributed by atoms with van der Waals surface area (Å²) in [7, 11) is -0.757. The summed E-state index contributed by atoms with van der Waals surface area (Å²) >= 11 is 0. The lowest BCUT2D eigenvalue weighted by atomic mass is 9.99. The number of H-pyrrole nitrogens is 1. The Hall–Kier alpha value is -2.98. The van der Waals surface area contributed by atoms with Crippen LogP contribution in [0.2, 0.25) is 0 Å². The fourth-order valence-electron chi connectivity index (χ4n) is 4.62. The first-order valence-electron chi connectivity index (χ1n) is 10.7. The van der Waals surface area contributed by atoms with Gasteiger partial charge in [-0.25, -0.2) is 9.97 Å². The minimum atomic E-state index is -2.40. The Morgan fingerprint density at radius 2 is 2.15 bits per heavy atom. The second kappa shape index (κ2) is 10.8. The maximum Gasteiger partial charge on any atom is 0.311 e. The van der Waals surface area contributed by atoms with Crippen LogP contribution in [0, 0.1) is 0 Å². The first-order valence-corrected chi connectivity index (χ1v) is 11.8. The van der Waals surface area contributed by atoms with Crippen LogP contribution in [0.15, 0.2) is 41.3 Å². The quantitative estimate of drug-likeness (QED) is 0.557. The van der Waals surface area contributed by atoms with Gasteiger partial charge in [0.15, 0.2) is 11.6 Å². The molecule has 0 saturated carbocycles. The first-order chi connectivity index (χ1) is 15.5. The molecule has 9 nitrogen and oxygen atoms in total. The second-order valence-electron chi connectivity index (χ2n) is 8.00. The molecule has 0 spiro atoms. The fraction of sp³-hybridized carbons (Fsp3) is 0.478. The fourth-order valence-corrected chi connectivity index (χ4v) is 4.87. The predicted molar refractivity (Wildman–Crippen MR) is 130 cm³/mol. The Balaban J connectivity index is 0.00000306. The van der Waals surface area contributed by atoms with Crippen LogP contribution in [0.3, 0.4) is 0 Å². The second-order valence-corrected chi connectivity index (χ2v) is 8.70. The molecule has 0 amide bonds. The van der Waals surface area contributed by atoms with Gasteiger partial charge in [0.1, 0.15) is 6.33 Å². The lowest BCUT2D eigenvalue weighted by Gasteiger charge is -2.43. The van der Waals surface area contributed by atoms with E-state index in [0.29, 0.717) is 5.75 Å². The van der Waals surface area contributed by atoms with Crippen LogP contribution in [0.5, 0.6) is 5.75 Å². The van der Waals surface area contributed by atoms with Gasteiger partial charge < -0.3 is 14.6 Å². The number of benzene rings is 1. The van der Waals surface area contributed by atoms with E-state index in [4.69, 9.17) is 4.74 Å². The monoisotopic (exact) mass is 472 g/mol. The maximum atomic E-state index is 10.8. The largest absolute Gasteiger partial charge is 0.491 e. The molecule has 1 fully saturated rings. The summed E-state index contributed by atoms with van der Waals surface area (Å²) in [6, 6.07) is 6.46. The molecule has 1 aliphatic rings. The smallest absolute Gasteiger partial charge is 0.311 e. The number of rotatable bonds is 7. The van der Waals surface area contributed by atoms with E-state index in [9.17, 15) is 8.42 Å². The average Bonchev–Trinajstić information content (AvgIpc) is 3.21. The van der Waals surface area contributed by atoms with E-state index >= 15 is 0 Å². The van der Waals surface area contributed by atoms with Crippen molar-refractivity contribution in [3.63, 3.8) is 0 Å². The predicted octanol–water partition coefficient (Wildman–Crippen LogP) is 3.83. The molecule has 10 heteroatoms. The zero-order chi connectivity index (χ0) is 22.7. The third kappa shape index (κ3) is 5.17. The highest BCUT2D eigenvalue weighted by Crippen LogP contribution is 2.34. The molecule has 33 heavy (non-hydrogen) atoms. The number of nitrogens with one attached hydrogen (secondary N) is 1. The summed E-state index contributed by atoms with van der Waals surface area (Å²) in [6.07, 6.45) is 6.31. The van der Waals surface area contributed by atoms with Crippen molar-refractivity contribution in [3.8, 4) is 5.75 Å². The van der Waals surface area contributed by atoms with E-state index in [1.165, 1.54) is 5.56 Å². The molecule has 1 aliphatic heterocycles. The minimum Gasteiger partial charge on any atom is -0.491 e. The van der Waals surface area contributed by atoms with Gasteiger partial charge >= 0.3 is 10.5 Å². The van der Waals surface area contributed by atoms with Crippen molar-refractivity contribution in [3.05, 3.63) is 48.0 Å². The molecule has 2 aromatic heterocycles. The van der Waals surface area contributed by atoms with Gasteiger partial charge in [-0.2, -0.15) is 12.8 Å². The molecule has 178 valence electrons. The molecular formula is C23H32N6O3S. The van der Waals surface area contributed by atoms with Crippen molar-refractivity contribution in [2.24, 2.45) is 4.36 Å². The average molecular weight is 473 g/mol. The molecule has 1 saturated heterocycles. The lowest BCUT2D eigenvalue weighted by molar-refractivity contribution is 0.160. The molecule has 0 aliphatic carbocycles. The number of nitrogens with zero attached hydrogens (tertiary/aromatic N) is 5. The number of piperazine rings is 1. The van der Waals surface area contributed by atoms with Gasteiger partial charge in [-0.15, -0.1) is 0 Å². The Labute approximate surface area is 196 Å². The van der Waals surface area contributed by atoms with Gasteiger partial charge in [0.25, 0.3) is 0 Å². The third-order valence-electron chi connectivity index (χ3n) is 6.13. The van der Waals surface area contributed by atoms with Crippen molar-refractivity contribution in [2.75, 3.05) is 31.6 Å². The Kier molecular flexibility index (Phi) is 8.04. The number of ether oxygens (including phenoxy) is 1. The van der Waals surface area contributed by atoms with E-state index in [1.54, 1.807) is 19.6 Å². The maximum absolute atomic E-state index is 10.8. The van der Waals surface area contributed by atoms with Crippen molar-refractivity contribution in [1.82, 2.24) is 19.9 Å². The van der Waals surface area contributed by atoms with Crippen molar-refractivity contribution in [2.45, 2.75) is 46.3 Å². The molecule has 2 unspecified atom stereocenters. The van der Waals surface area contributed by atoms with E-state index in [1.807, 2.05) is 18.2 Å². The summed E-state index contributed by atoms with van der Waals surface area (Å²) in [5, 5.41) is 1.12. The van der Waals surface area contributed by atoms with Crippen LogP contribution in [0.4, 0.5) is 5.82 Å². The highest BCUT2D eigenvalue weighted by Gasteiger charge is 2.31. The van der Waals surface area contributed by atoms with Gasteiger partial charge in [0.2, 0.25) is 0 Å². The van der Waals surface area contributed by atoms with Crippen LogP contribution in [0.25, 0.3) is 10.9 Å². The number of hydrogen-bond acceptors (Lipinski definition) is 8. The molecule has 3 heterocycles. The normalized spacial score (nSPS) is 17.4. The van der Waals surface area contributed by atoms with Crippen LogP contribution in [0.1, 0.15) is 44.9 Å². The molecule has 0 bridgehead atoms. The number of aromatic amines is 1. The Morgan fingerprint density at radius 3 is 2.85 bits per heavy atom. The zero-order valence-corrected chi connectivity index (χ0v) is 19.3. The Morgan fingerprint density at radius 1 is 1.33 bits per heavy atom. The van der Waals surface area contributed by atoms with Crippen molar-refractivity contribution < 1.29 is 13.2 Å². The minimum absolute atomic E-state index is 0. The number of aromatic nitrogens is 3. The third-order valence-corrected chi connectivity index (χ3v) is 6.47. The van der Waals surface area contributed by atoms with Gasteiger partial charge in [-0.1, -0.05) is 20.4 Å². The highest BCUT2D eigenvalue weighted by molar-refractivity contribution is 7.61. The lowest BCUT2D eigenvalue weighted by Crippen LogP contribution is -2.53. The zero-order valence-electron chi connectivity index (χ0n) is 18.5. The SMILES string of the molecule is C.CCC(c1c[nH]c2ccc(CN=S(=O)=O)cc12)N1CCN(c2ncncc2OC)C(C)C1. The van der Waals surface area contributed by atoms with Crippen LogP contribution in [-0.4, -0.2) is 61.1 Å². The van der Waals surface area contributed by atoms with Crippen LogP contribution < -0.4 is 9.64 Å². The van der Waals surface area contributed by atoms with Crippen LogP contribution in [-0.2, 0) is 17.0 Å². The Bertz CT molecular complexity index is 1220. The van der Waals surface area contributed by atoms with E-state index in [-0.39, 0.29) is 26.1 Å². The van der Waals surface area contributed by atoms with Crippen molar-refractivity contribution >= 4 is 27.2 Å². The number of anilines is 1. The number of methoxy groups -OCH3 is 1. The van der Waals surface area contributed by atoms with Gasteiger partial charge in [0.05, 0.1) is 19.9 Å². The highest BCUT2D eigenvalue weighted by atomic mass is 32.2. The molecule has 1 N–H and O–H groups in total. The summed E-state index contributed by atoms with van der Waals surface area (Å²) in [6.45, 7) is 7.19. The van der Waals surface area contributed by atoms with Crippen LogP contribution >= 0.6 is 0 Å². The van der Waals surface area contributed by atoms with Gasteiger partial charge in [-0.05, 0) is 36.6 Å². The summed E-state index contributed by atoms with van der Waals surface area (Å²) in [5.41, 5.74) is 3.15. The van der Waals surface area contributed by atoms with Gasteiger partial charge in [0, 0.05) is 48.8 Å². The van der Waals surface area contributed by atoms with E-state index in [0.717, 1.165) is 48.3 Å². The van der Waals surface area contributed by atoms with Crippen molar-refractivity contribution in [1.29, 1.82) is 0 Å². The van der Waals surface area contributed by atoms with E-state index in [2.05, 4.69) is 49.2 Å². The summed E-state index contributed by atoms with van der Waals surface area (Å²) in [5.74, 6) is 1.52. The number of hydrogen-bond donors (Lipinski definition) is 1.